The summed E-state index contributed by atoms with van der Waals surface area (Å²) < 4.78 is 13.0. The van der Waals surface area contributed by atoms with Crippen LogP contribution in [0.2, 0.25) is 0 Å². The normalized spacial score (nSPS) is 16.7. The van der Waals surface area contributed by atoms with Crippen LogP contribution in [0.4, 0.5) is 0 Å². The zero-order valence-electron chi connectivity index (χ0n) is 20.1. The molecular formula is C26H30N6O3. The Balaban J connectivity index is 1.61. The second kappa shape index (κ2) is 10.4. The monoisotopic (exact) mass is 474 g/mol. The van der Waals surface area contributed by atoms with E-state index in [1.54, 1.807) is 11.8 Å². The smallest absolute Gasteiger partial charge is 0.253 e. The number of hydrogen-bond acceptors (Lipinski definition) is 7. The van der Waals surface area contributed by atoms with E-state index in [1.807, 2.05) is 42.5 Å². The highest BCUT2D eigenvalue weighted by molar-refractivity contribution is 5.80. The first-order valence-corrected chi connectivity index (χ1v) is 12.0. The number of H-pyrrole nitrogens is 1. The standard InChI is InChI=1S/C26H30N6O3/c1-3-31(16-18-8-5-4-6-9-18)24(25-28-29-30-32(25)17-21-10-7-13-35-21)22-14-19-11-12-20(34-2)15-23(19)27-26(22)33/h4-6,8-9,11-12,14-15,21,24H,3,7,10,13,16-17H2,1-2H3,(H,27,33)/t21-,24+/m0/s1. The van der Waals surface area contributed by atoms with Crippen LogP contribution in [0.5, 0.6) is 5.75 Å². The Labute approximate surface area is 203 Å². The Morgan fingerprint density at radius 1 is 1.23 bits per heavy atom. The van der Waals surface area contributed by atoms with Crippen molar-refractivity contribution in [2.24, 2.45) is 0 Å². The highest BCUT2D eigenvalue weighted by Crippen LogP contribution is 2.29. The van der Waals surface area contributed by atoms with Gasteiger partial charge in [-0.1, -0.05) is 37.3 Å². The highest BCUT2D eigenvalue weighted by Gasteiger charge is 2.31. The van der Waals surface area contributed by atoms with E-state index in [2.05, 4.69) is 44.5 Å². The molecule has 1 saturated heterocycles. The number of methoxy groups -OCH3 is 1. The maximum absolute atomic E-state index is 13.5. The van der Waals surface area contributed by atoms with Crippen molar-refractivity contribution < 1.29 is 9.47 Å². The third kappa shape index (κ3) is 4.96. The SMILES string of the molecule is CCN(Cc1ccccc1)[C@H](c1cc2ccc(OC)cc2[nH]c1=O)c1nnnn1C[C@@H]1CCCO1. The van der Waals surface area contributed by atoms with Crippen LogP contribution in [0.3, 0.4) is 0 Å². The van der Waals surface area contributed by atoms with Crippen LogP contribution in [0.25, 0.3) is 10.9 Å². The minimum atomic E-state index is -0.438. The van der Waals surface area contributed by atoms with E-state index in [4.69, 9.17) is 9.47 Å². The van der Waals surface area contributed by atoms with Gasteiger partial charge in [0.15, 0.2) is 5.82 Å². The van der Waals surface area contributed by atoms with Crippen LogP contribution in [-0.4, -0.2) is 56.5 Å². The molecule has 4 aromatic rings. The summed E-state index contributed by atoms with van der Waals surface area (Å²) >= 11 is 0. The van der Waals surface area contributed by atoms with Gasteiger partial charge in [-0.3, -0.25) is 9.69 Å². The van der Waals surface area contributed by atoms with Crippen LogP contribution in [0.15, 0.2) is 59.4 Å². The molecule has 3 heterocycles. The average molecular weight is 475 g/mol. The fourth-order valence-electron chi connectivity index (χ4n) is 4.75. The summed E-state index contributed by atoms with van der Waals surface area (Å²) in [5, 5.41) is 13.6. The molecule has 2 aromatic carbocycles. The fraction of sp³-hybridized carbons (Fsp3) is 0.385. The first-order chi connectivity index (χ1) is 17.2. The molecule has 1 N–H and O–H groups in total. The van der Waals surface area contributed by atoms with Crippen molar-refractivity contribution >= 4 is 10.9 Å². The van der Waals surface area contributed by atoms with E-state index in [9.17, 15) is 4.79 Å². The molecule has 0 aliphatic carbocycles. The third-order valence-corrected chi connectivity index (χ3v) is 6.58. The zero-order valence-corrected chi connectivity index (χ0v) is 20.1. The summed E-state index contributed by atoms with van der Waals surface area (Å²) in [7, 11) is 1.61. The molecule has 2 aromatic heterocycles. The Morgan fingerprint density at radius 2 is 2.09 bits per heavy atom. The van der Waals surface area contributed by atoms with Gasteiger partial charge in [-0.2, -0.15) is 0 Å². The van der Waals surface area contributed by atoms with Crippen LogP contribution in [0.1, 0.15) is 42.8 Å². The van der Waals surface area contributed by atoms with Gasteiger partial charge in [-0.05, 0) is 59.0 Å². The van der Waals surface area contributed by atoms with Crippen molar-refractivity contribution in [3.63, 3.8) is 0 Å². The lowest BCUT2D eigenvalue weighted by Crippen LogP contribution is -2.35. The van der Waals surface area contributed by atoms with Crippen LogP contribution in [-0.2, 0) is 17.8 Å². The Bertz CT molecular complexity index is 1330. The number of pyridine rings is 1. The number of ether oxygens (including phenoxy) is 2. The minimum Gasteiger partial charge on any atom is -0.497 e. The number of nitrogens with zero attached hydrogens (tertiary/aromatic N) is 5. The summed E-state index contributed by atoms with van der Waals surface area (Å²) in [6.45, 7) is 4.75. The predicted octanol–water partition coefficient (Wildman–Crippen LogP) is 3.31. The number of aromatic amines is 1. The number of nitrogens with one attached hydrogen (secondary N) is 1. The van der Waals surface area contributed by atoms with Crippen molar-refractivity contribution in [2.75, 3.05) is 20.3 Å². The molecule has 0 saturated carbocycles. The van der Waals surface area contributed by atoms with E-state index in [0.717, 1.165) is 35.9 Å². The third-order valence-electron chi connectivity index (χ3n) is 6.58. The lowest BCUT2D eigenvalue weighted by atomic mass is 10.0. The van der Waals surface area contributed by atoms with E-state index >= 15 is 0 Å². The van der Waals surface area contributed by atoms with Gasteiger partial charge >= 0.3 is 0 Å². The van der Waals surface area contributed by atoms with Crippen molar-refractivity contribution in [1.82, 2.24) is 30.1 Å². The molecule has 1 fully saturated rings. The first kappa shape index (κ1) is 23.2. The largest absolute Gasteiger partial charge is 0.497 e. The molecule has 0 unspecified atom stereocenters. The maximum Gasteiger partial charge on any atom is 0.253 e. The van der Waals surface area contributed by atoms with Gasteiger partial charge in [-0.25, -0.2) is 4.68 Å². The van der Waals surface area contributed by atoms with Gasteiger partial charge in [-0.15, -0.1) is 5.10 Å². The van der Waals surface area contributed by atoms with E-state index in [1.165, 1.54) is 0 Å². The Kier molecular flexibility index (Phi) is 6.87. The molecule has 0 radical (unpaired) electrons. The number of fused-ring (bicyclic) bond motifs is 1. The van der Waals surface area contributed by atoms with Crippen molar-refractivity contribution in [1.29, 1.82) is 0 Å². The molecule has 35 heavy (non-hydrogen) atoms. The molecule has 0 spiro atoms. The van der Waals surface area contributed by atoms with Crippen LogP contribution >= 0.6 is 0 Å². The summed E-state index contributed by atoms with van der Waals surface area (Å²) in [6.07, 6.45) is 2.09. The molecule has 0 amide bonds. The molecule has 1 aliphatic rings. The van der Waals surface area contributed by atoms with Gasteiger partial charge in [0, 0.05) is 24.8 Å². The number of benzene rings is 2. The molecular weight excluding hydrogens is 444 g/mol. The zero-order chi connectivity index (χ0) is 24.2. The second-order valence-electron chi connectivity index (χ2n) is 8.81. The first-order valence-electron chi connectivity index (χ1n) is 12.0. The molecule has 5 rings (SSSR count). The number of aromatic nitrogens is 5. The lowest BCUT2D eigenvalue weighted by Gasteiger charge is -2.30. The summed E-state index contributed by atoms with van der Waals surface area (Å²) in [4.78, 5) is 18.7. The van der Waals surface area contributed by atoms with Crippen molar-refractivity contribution in [2.45, 2.75) is 45.0 Å². The van der Waals surface area contributed by atoms with Crippen LogP contribution in [0, 0.1) is 0 Å². The van der Waals surface area contributed by atoms with Crippen molar-refractivity contribution in [3.8, 4) is 5.75 Å². The second-order valence-corrected chi connectivity index (χ2v) is 8.81. The molecule has 9 nitrogen and oxygen atoms in total. The quantitative estimate of drug-likeness (QED) is 0.397. The van der Waals surface area contributed by atoms with E-state index < -0.39 is 6.04 Å². The summed E-state index contributed by atoms with van der Waals surface area (Å²) in [5.74, 6) is 1.33. The van der Waals surface area contributed by atoms with Crippen molar-refractivity contribution in [3.05, 3.63) is 81.9 Å². The molecule has 2 atom stereocenters. The topological polar surface area (TPSA) is 98.2 Å². The van der Waals surface area contributed by atoms with Gasteiger partial charge in [0.1, 0.15) is 11.8 Å². The molecule has 9 heteroatoms. The van der Waals surface area contributed by atoms with E-state index in [-0.39, 0.29) is 11.7 Å². The van der Waals surface area contributed by atoms with Gasteiger partial charge in [0.25, 0.3) is 5.56 Å². The van der Waals surface area contributed by atoms with Gasteiger partial charge in [0.2, 0.25) is 0 Å². The van der Waals surface area contributed by atoms with E-state index in [0.29, 0.717) is 36.8 Å². The number of hydrogen-bond donors (Lipinski definition) is 1. The highest BCUT2D eigenvalue weighted by atomic mass is 16.5. The minimum absolute atomic E-state index is 0.0736. The molecule has 0 bridgehead atoms. The molecule has 182 valence electrons. The van der Waals surface area contributed by atoms with Crippen LogP contribution < -0.4 is 10.3 Å². The predicted molar refractivity (Wildman–Crippen MR) is 132 cm³/mol. The number of rotatable bonds is 9. The maximum atomic E-state index is 13.5. The average Bonchev–Trinajstić information content (AvgIpc) is 3.57. The fourth-order valence-corrected chi connectivity index (χ4v) is 4.75. The Hall–Kier alpha value is -3.56. The number of tetrazole rings is 1. The van der Waals surface area contributed by atoms with Gasteiger partial charge < -0.3 is 14.5 Å². The van der Waals surface area contributed by atoms with Gasteiger partial charge in [0.05, 0.1) is 25.3 Å². The Morgan fingerprint density at radius 3 is 2.83 bits per heavy atom. The lowest BCUT2D eigenvalue weighted by molar-refractivity contribution is 0.0907. The molecule has 1 aliphatic heterocycles. The summed E-state index contributed by atoms with van der Waals surface area (Å²) in [6, 6.07) is 17.4. The summed E-state index contributed by atoms with van der Waals surface area (Å²) in [5.41, 5.74) is 2.30.